The van der Waals surface area contributed by atoms with E-state index < -0.39 is 0 Å². The minimum Gasteiger partial charge on any atom is -0.396 e. The van der Waals surface area contributed by atoms with Gasteiger partial charge >= 0.3 is 0 Å². The Kier molecular flexibility index (Phi) is 2.87. The summed E-state index contributed by atoms with van der Waals surface area (Å²) < 4.78 is 1.88. The Bertz CT molecular complexity index is 255. The smallest absolute Gasteiger partial charge is 0.0596 e. The minimum absolute atomic E-state index is 0.240. The van der Waals surface area contributed by atoms with Gasteiger partial charge in [0.05, 0.1) is 5.69 Å². The zero-order valence-corrected chi connectivity index (χ0v) is 7.91. The number of aliphatic hydroxyl groups is 1. The van der Waals surface area contributed by atoms with Crippen LogP contribution in [-0.4, -0.2) is 21.5 Å². The molecule has 0 aromatic carbocycles. The van der Waals surface area contributed by atoms with E-state index in [1.807, 2.05) is 25.6 Å². The lowest BCUT2D eigenvalue weighted by Crippen LogP contribution is -2.08. The van der Waals surface area contributed by atoms with Gasteiger partial charge in [-0.1, -0.05) is 6.92 Å². The molecule has 0 aliphatic heterocycles. The highest BCUT2D eigenvalue weighted by Gasteiger charge is 2.06. The molecule has 0 spiro atoms. The van der Waals surface area contributed by atoms with Gasteiger partial charge in [0.15, 0.2) is 0 Å². The molecule has 1 aromatic heterocycles. The Labute approximate surface area is 73.0 Å². The number of hydrogen-bond donors (Lipinski definition) is 1. The molecule has 1 unspecified atom stereocenters. The number of nitrogens with zero attached hydrogens (tertiary/aromatic N) is 2. The quantitative estimate of drug-likeness (QED) is 0.728. The first-order chi connectivity index (χ1) is 5.63. The van der Waals surface area contributed by atoms with Crippen LogP contribution in [0.25, 0.3) is 0 Å². The lowest BCUT2D eigenvalue weighted by Gasteiger charge is -2.06. The van der Waals surface area contributed by atoms with Gasteiger partial charge < -0.3 is 5.11 Å². The summed E-state index contributed by atoms with van der Waals surface area (Å²) in [5.41, 5.74) is 2.23. The molecule has 3 heteroatoms. The summed E-state index contributed by atoms with van der Waals surface area (Å²) in [5, 5.41) is 13.1. The van der Waals surface area contributed by atoms with Crippen molar-refractivity contribution in [2.75, 3.05) is 6.61 Å². The van der Waals surface area contributed by atoms with E-state index in [9.17, 15) is 0 Å². The van der Waals surface area contributed by atoms with Gasteiger partial charge in [-0.15, -0.1) is 0 Å². The maximum Gasteiger partial charge on any atom is 0.0596 e. The SMILES string of the molecule is Cc1cc(CC(C)CO)n(C)n1. The first-order valence-electron chi connectivity index (χ1n) is 4.24. The van der Waals surface area contributed by atoms with Crippen LogP contribution in [0, 0.1) is 12.8 Å². The lowest BCUT2D eigenvalue weighted by molar-refractivity contribution is 0.235. The second-order valence-electron chi connectivity index (χ2n) is 3.39. The average Bonchev–Trinajstić information content (AvgIpc) is 2.30. The highest BCUT2D eigenvalue weighted by atomic mass is 16.3. The van der Waals surface area contributed by atoms with Crippen LogP contribution in [0.5, 0.6) is 0 Å². The summed E-state index contributed by atoms with van der Waals surface area (Å²) in [5.74, 6) is 0.319. The van der Waals surface area contributed by atoms with Gasteiger partial charge in [-0.3, -0.25) is 4.68 Å². The lowest BCUT2D eigenvalue weighted by atomic mass is 10.1. The van der Waals surface area contributed by atoms with Crippen LogP contribution in [0.3, 0.4) is 0 Å². The van der Waals surface area contributed by atoms with Crippen LogP contribution < -0.4 is 0 Å². The zero-order valence-electron chi connectivity index (χ0n) is 7.91. The van der Waals surface area contributed by atoms with Crippen molar-refractivity contribution in [3.05, 3.63) is 17.5 Å². The molecule has 1 heterocycles. The predicted molar refractivity (Wildman–Crippen MR) is 47.9 cm³/mol. The topological polar surface area (TPSA) is 38.0 Å². The van der Waals surface area contributed by atoms with E-state index in [-0.39, 0.29) is 6.61 Å². The van der Waals surface area contributed by atoms with Gasteiger partial charge in [0.2, 0.25) is 0 Å². The van der Waals surface area contributed by atoms with E-state index in [0.29, 0.717) is 5.92 Å². The van der Waals surface area contributed by atoms with Gasteiger partial charge in [-0.25, -0.2) is 0 Å². The van der Waals surface area contributed by atoms with Crippen molar-refractivity contribution in [1.29, 1.82) is 0 Å². The molecule has 0 fully saturated rings. The Hall–Kier alpha value is -0.830. The predicted octanol–water partition coefficient (Wildman–Crippen LogP) is 0.899. The standard InChI is InChI=1S/C9H16N2O/c1-7(6-12)4-9-5-8(2)10-11(9)3/h5,7,12H,4,6H2,1-3H3. The second kappa shape index (κ2) is 3.72. The maximum absolute atomic E-state index is 8.86. The molecule has 0 amide bonds. The van der Waals surface area contributed by atoms with Gasteiger partial charge in [-0.2, -0.15) is 5.10 Å². The third-order valence-corrected chi connectivity index (χ3v) is 1.97. The van der Waals surface area contributed by atoms with E-state index >= 15 is 0 Å². The van der Waals surface area contributed by atoms with E-state index in [4.69, 9.17) is 5.11 Å². The third kappa shape index (κ3) is 2.08. The number of aromatic nitrogens is 2. The molecule has 0 saturated heterocycles. The first-order valence-corrected chi connectivity index (χ1v) is 4.24. The second-order valence-corrected chi connectivity index (χ2v) is 3.39. The van der Waals surface area contributed by atoms with Gasteiger partial charge in [0.1, 0.15) is 0 Å². The Morgan fingerprint density at radius 2 is 2.33 bits per heavy atom. The Balaban J connectivity index is 2.68. The van der Waals surface area contributed by atoms with Crippen molar-refractivity contribution in [2.45, 2.75) is 20.3 Å². The highest BCUT2D eigenvalue weighted by Crippen LogP contribution is 2.08. The Morgan fingerprint density at radius 1 is 1.67 bits per heavy atom. The number of hydrogen-bond acceptors (Lipinski definition) is 2. The first kappa shape index (κ1) is 9.26. The van der Waals surface area contributed by atoms with E-state index in [1.165, 1.54) is 5.69 Å². The van der Waals surface area contributed by atoms with Gasteiger partial charge in [0, 0.05) is 19.3 Å². The van der Waals surface area contributed by atoms with Crippen LogP contribution in [0.1, 0.15) is 18.3 Å². The largest absolute Gasteiger partial charge is 0.396 e. The molecule has 0 aliphatic rings. The molecule has 0 saturated carbocycles. The molecular weight excluding hydrogens is 152 g/mol. The third-order valence-electron chi connectivity index (χ3n) is 1.97. The fourth-order valence-corrected chi connectivity index (χ4v) is 1.28. The molecule has 1 atom stereocenters. The summed E-state index contributed by atoms with van der Waals surface area (Å²) in [4.78, 5) is 0. The van der Waals surface area contributed by atoms with Crippen molar-refractivity contribution < 1.29 is 5.11 Å². The van der Waals surface area contributed by atoms with Gasteiger partial charge in [-0.05, 0) is 25.3 Å². The molecule has 0 radical (unpaired) electrons. The molecule has 68 valence electrons. The molecule has 1 rings (SSSR count). The molecular formula is C9H16N2O. The van der Waals surface area contributed by atoms with Gasteiger partial charge in [0.25, 0.3) is 0 Å². The molecule has 1 N–H and O–H groups in total. The van der Waals surface area contributed by atoms with E-state index in [1.54, 1.807) is 0 Å². The van der Waals surface area contributed by atoms with Crippen molar-refractivity contribution in [1.82, 2.24) is 9.78 Å². The van der Waals surface area contributed by atoms with Crippen molar-refractivity contribution in [3.63, 3.8) is 0 Å². The Morgan fingerprint density at radius 3 is 2.75 bits per heavy atom. The zero-order chi connectivity index (χ0) is 9.14. The fraction of sp³-hybridized carbons (Fsp3) is 0.667. The van der Waals surface area contributed by atoms with Crippen LogP contribution in [0.4, 0.5) is 0 Å². The van der Waals surface area contributed by atoms with E-state index in [2.05, 4.69) is 11.2 Å². The number of aryl methyl sites for hydroxylation is 2. The molecule has 12 heavy (non-hydrogen) atoms. The monoisotopic (exact) mass is 168 g/mol. The van der Waals surface area contributed by atoms with Crippen LogP contribution in [0.2, 0.25) is 0 Å². The summed E-state index contributed by atoms with van der Waals surface area (Å²) in [7, 11) is 1.94. The minimum atomic E-state index is 0.240. The average molecular weight is 168 g/mol. The summed E-state index contributed by atoms with van der Waals surface area (Å²) in [6.45, 7) is 4.25. The summed E-state index contributed by atoms with van der Waals surface area (Å²) >= 11 is 0. The van der Waals surface area contributed by atoms with Crippen molar-refractivity contribution >= 4 is 0 Å². The summed E-state index contributed by atoms with van der Waals surface area (Å²) in [6, 6.07) is 2.06. The molecule has 3 nitrogen and oxygen atoms in total. The van der Waals surface area contributed by atoms with Crippen LogP contribution in [-0.2, 0) is 13.5 Å². The summed E-state index contributed by atoms with van der Waals surface area (Å²) in [6.07, 6.45) is 0.897. The molecule has 0 bridgehead atoms. The van der Waals surface area contributed by atoms with Crippen molar-refractivity contribution in [3.8, 4) is 0 Å². The highest BCUT2D eigenvalue weighted by molar-refractivity contribution is 5.08. The molecule has 0 aliphatic carbocycles. The molecule has 1 aromatic rings. The van der Waals surface area contributed by atoms with Crippen molar-refractivity contribution in [2.24, 2.45) is 13.0 Å². The maximum atomic E-state index is 8.86. The normalized spacial score (nSPS) is 13.3. The number of rotatable bonds is 3. The van der Waals surface area contributed by atoms with E-state index in [0.717, 1.165) is 12.1 Å². The fourth-order valence-electron chi connectivity index (χ4n) is 1.28. The van der Waals surface area contributed by atoms with Crippen LogP contribution >= 0.6 is 0 Å². The number of aliphatic hydroxyl groups excluding tert-OH is 1. The van der Waals surface area contributed by atoms with Crippen LogP contribution in [0.15, 0.2) is 6.07 Å².